The number of carbonyl (C=O) groups is 1. The summed E-state index contributed by atoms with van der Waals surface area (Å²) in [4.78, 5) is 20.9. The third-order valence-corrected chi connectivity index (χ3v) is 5.03. The Morgan fingerprint density at radius 3 is 2.58 bits per heavy atom. The first-order valence-electron chi connectivity index (χ1n) is 7.89. The zero-order valence-corrected chi connectivity index (χ0v) is 15.1. The summed E-state index contributed by atoms with van der Waals surface area (Å²) in [6.45, 7) is 6.12. The maximum Gasteiger partial charge on any atom is 0.260 e. The number of aryl methyl sites for hydroxylation is 1. The highest BCUT2D eigenvalue weighted by atomic mass is 35.5. The molecular formula is C17H20ClN3O2S. The molecule has 5 nitrogen and oxygen atoms in total. The minimum absolute atomic E-state index is 0.0223. The minimum Gasteiger partial charge on any atom is -0.484 e. The summed E-state index contributed by atoms with van der Waals surface area (Å²) in [7, 11) is 0. The lowest BCUT2D eigenvalue weighted by atomic mass is 10.3. The molecule has 3 rings (SSSR count). The molecule has 0 unspecified atom stereocenters. The van der Waals surface area contributed by atoms with Gasteiger partial charge in [0.05, 0.1) is 10.7 Å². The van der Waals surface area contributed by atoms with Crippen LogP contribution in [-0.2, 0) is 11.3 Å². The lowest BCUT2D eigenvalue weighted by Gasteiger charge is -2.34. The van der Waals surface area contributed by atoms with E-state index in [0.29, 0.717) is 10.8 Å². The van der Waals surface area contributed by atoms with Gasteiger partial charge in [-0.05, 0) is 31.2 Å². The van der Waals surface area contributed by atoms with E-state index in [9.17, 15) is 4.79 Å². The summed E-state index contributed by atoms with van der Waals surface area (Å²) in [5.74, 6) is 0.680. The molecule has 1 saturated heterocycles. The van der Waals surface area contributed by atoms with E-state index < -0.39 is 0 Å². The first-order valence-corrected chi connectivity index (χ1v) is 9.15. The first-order chi connectivity index (χ1) is 11.6. The predicted molar refractivity (Wildman–Crippen MR) is 95.7 cm³/mol. The summed E-state index contributed by atoms with van der Waals surface area (Å²) >= 11 is 7.51. The molecule has 0 N–H and O–H groups in total. The van der Waals surface area contributed by atoms with Crippen molar-refractivity contribution in [3.63, 3.8) is 0 Å². The number of nitrogens with zero attached hydrogens (tertiary/aromatic N) is 3. The standard InChI is InChI=1S/C17H20ClN3O2S/c1-13-19-15(12-24-13)10-20-6-8-21(9-7-20)17(22)11-23-16-4-2-14(18)3-5-16/h2-5,12H,6-11H2,1H3. The summed E-state index contributed by atoms with van der Waals surface area (Å²) in [5.41, 5.74) is 1.11. The number of aromatic nitrogens is 1. The quantitative estimate of drug-likeness (QED) is 0.817. The van der Waals surface area contributed by atoms with Crippen LogP contribution < -0.4 is 4.74 Å². The van der Waals surface area contributed by atoms with Crippen LogP contribution in [0.25, 0.3) is 0 Å². The molecule has 24 heavy (non-hydrogen) atoms. The van der Waals surface area contributed by atoms with Gasteiger partial charge in [-0.25, -0.2) is 4.98 Å². The molecule has 0 atom stereocenters. The van der Waals surface area contributed by atoms with Crippen LogP contribution in [0.3, 0.4) is 0 Å². The fraction of sp³-hybridized carbons (Fsp3) is 0.412. The number of benzene rings is 1. The predicted octanol–water partition coefficient (Wildman–Crippen LogP) is 2.83. The summed E-state index contributed by atoms with van der Waals surface area (Å²) < 4.78 is 5.53. The number of carbonyl (C=O) groups excluding carboxylic acids is 1. The molecule has 0 bridgehead atoms. The Labute approximate surface area is 150 Å². The average Bonchev–Trinajstić information content (AvgIpc) is 2.99. The molecule has 1 amide bonds. The maximum absolute atomic E-state index is 12.3. The molecule has 128 valence electrons. The van der Waals surface area contributed by atoms with Crippen molar-refractivity contribution in [3.8, 4) is 5.75 Å². The van der Waals surface area contributed by atoms with Crippen molar-refractivity contribution in [1.82, 2.24) is 14.8 Å². The summed E-state index contributed by atoms with van der Waals surface area (Å²) in [6, 6.07) is 7.04. The molecule has 0 saturated carbocycles. The van der Waals surface area contributed by atoms with Gasteiger partial charge in [0.1, 0.15) is 5.75 Å². The molecule has 2 heterocycles. The van der Waals surface area contributed by atoms with Crippen LogP contribution in [0.4, 0.5) is 0 Å². The Kier molecular flexibility index (Phi) is 5.71. The Balaban J connectivity index is 1.42. The van der Waals surface area contributed by atoms with E-state index in [-0.39, 0.29) is 12.5 Å². The third kappa shape index (κ3) is 4.69. The van der Waals surface area contributed by atoms with Crippen LogP contribution in [0.1, 0.15) is 10.7 Å². The second kappa shape index (κ2) is 7.96. The normalized spacial score (nSPS) is 15.5. The van der Waals surface area contributed by atoms with Crippen molar-refractivity contribution in [2.75, 3.05) is 32.8 Å². The van der Waals surface area contributed by atoms with Gasteiger partial charge >= 0.3 is 0 Å². The molecule has 0 radical (unpaired) electrons. The number of ether oxygens (including phenoxy) is 1. The number of rotatable bonds is 5. The van der Waals surface area contributed by atoms with Crippen LogP contribution in [-0.4, -0.2) is 53.5 Å². The largest absolute Gasteiger partial charge is 0.484 e. The summed E-state index contributed by atoms with van der Waals surface area (Å²) in [5, 5.41) is 3.85. The Bertz CT molecular complexity index is 681. The van der Waals surface area contributed by atoms with E-state index in [2.05, 4.69) is 15.3 Å². The fourth-order valence-electron chi connectivity index (χ4n) is 2.63. The highest BCUT2D eigenvalue weighted by Gasteiger charge is 2.21. The SMILES string of the molecule is Cc1nc(CN2CCN(C(=O)COc3ccc(Cl)cc3)CC2)cs1. The van der Waals surface area contributed by atoms with Crippen molar-refractivity contribution in [2.45, 2.75) is 13.5 Å². The van der Waals surface area contributed by atoms with E-state index >= 15 is 0 Å². The van der Waals surface area contributed by atoms with Crippen LogP contribution in [0.2, 0.25) is 5.02 Å². The first kappa shape index (κ1) is 17.2. The number of halogens is 1. The van der Waals surface area contributed by atoms with Gasteiger partial charge in [-0.1, -0.05) is 11.6 Å². The lowest BCUT2D eigenvalue weighted by Crippen LogP contribution is -2.49. The lowest BCUT2D eigenvalue weighted by molar-refractivity contribution is -0.135. The molecule has 7 heteroatoms. The second-order valence-electron chi connectivity index (χ2n) is 5.76. The number of thiazole rings is 1. The van der Waals surface area contributed by atoms with E-state index in [1.54, 1.807) is 35.6 Å². The maximum atomic E-state index is 12.3. The molecule has 0 spiro atoms. The van der Waals surface area contributed by atoms with Crippen molar-refractivity contribution in [2.24, 2.45) is 0 Å². The van der Waals surface area contributed by atoms with Gasteiger partial charge in [-0.2, -0.15) is 0 Å². The van der Waals surface area contributed by atoms with Crippen molar-refractivity contribution in [1.29, 1.82) is 0 Å². The van der Waals surface area contributed by atoms with Crippen LogP contribution >= 0.6 is 22.9 Å². The second-order valence-corrected chi connectivity index (χ2v) is 7.26. The van der Waals surface area contributed by atoms with Gasteiger partial charge in [0.15, 0.2) is 6.61 Å². The zero-order valence-electron chi connectivity index (χ0n) is 13.6. The van der Waals surface area contributed by atoms with Crippen LogP contribution in [0.15, 0.2) is 29.6 Å². The zero-order chi connectivity index (χ0) is 16.9. The van der Waals surface area contributed by atoms with Crippen LogP contribution in [0.5, 0.6) is 5.75 Å². The van der Waals surface area contributed by atoms with Crippen molar-refractivity contribution < 1.29 is 9.53 Å². The van der Waals surface area contributed by atoms with Gasteiger partial charge in [-0.3, -0.25) is 9.69 Å². The van der Waals surface area contributed by atoms with E-state index in [0.717, 1.165) is 43.4 Å². The number of amides is 1. The highest BCUT2D eigenvalue weighted by molar-refractivity contribution is 7.09. The molecule has 0 aliphatic carbocycles. The van der Waals surface area contributed by atoms with Gasteiger partial charge in [0.25, 0.3) is 5.91 Å². The summed E-state index contributed by atoms with van der Waals surface area (Å²) in [6.07, 6.45) is 0. The monoisotopic (exact) mass is 365 g/mol. The Morgan fingerprint density at radius 1 is 1.25 bits per heavy atom. The Hall–Kier alpha value is -1.63. The molecule has 1 aromatic carbocycles. The van der Waals surface area contributed by atoms with Gasteiger partial charge < -0.3 is 9.64 Å². The van der Waals surface area contributed by atoms with Gasteiger partial charge in [0, 0.05) is 43.1 Å². The van der Waals surface area contributed by atoms with E-state index in [1.807, 2.05) is 11.8 Å². The smallest absolute Gasteiger partial charge is 0.260 e. The Morgan fingerprint density at radius 2 is 1.96 bits per heavy atom. The average molecular weight is 366 g/mol. The highest BCUT2D eigenvalue weighted by Crippen LogP contribution is 2.16. The van der Waals surface area contributed by atoms with Crippen LogP contribution in [0, 0.1) is 6.92 Å². The van der Waals surface area contributed by atoms with Crippen molar-refractivity contribution >= 4 is 28.8 Å². The number of piperazine rings is 1. The van der Waals surface area contributed by atoms with Gasteiger partial charge in [0.2, 0.25) is 0 Å². The number of hydrogen-bond acceptors (Lipinski definition) is 5. The molecule has 1 fully saturated rings. The molecule has 1 aliphatic heterocycles. The minimum atomic E-state index is 0.0223. The van der Waals surface area contributed by atoms with Gasteiger partial charge in [-0.15, -0.1) is 11.3 Å². The molecular weight excluding hydrogens is 346 g/mol. The van der Waals surface area contributed by atoms with E-state index in [1.165, 1.54) is 0 Å². The molecule has 2 aromatic rings. The third-order valence-electron chi connectivity index (χ3n) is 3.95. The molecule has 1 aromatic heterocycles. The fourth-order valence-corrected chi connectivity index (χ4v) is 3.36. The van der Waals surface area contributed by atoms with Crippen molar-refractivity contribution in [3.05, 3.63) is 45.4 Å². The number of hydrogen-bond donors (Lipinski definition) is 0. The topological polar surface area (TPSA) is 45.7 Å². The van der Waals surface area contributed by atoms with E-state index in [4.69, 9.17) is 16.3 Å². The molecule has 1 aliphatic rings.